The van der Waals surface area contributed by atoms with Crippen molar-refractivity contribution in [3.05, 3.63) is 53.3 Å². The lowest BCUT2D eigenvalue weighted by Gasteiger charge is -2.13. The van der Waals surface area contributed by atoms with Gasteiger partial charge in [0, 0.05) is 6.20 Å². The third kappa shape index (κ3) is 3.14. The van der Waals surface area contributed by atoms with Gasteiger partial charge in [-0.2, -0.15) is 18.3 Å². The van der Waals surface area contributed by atoms with Crippen LogP contribution in [-0.2, 0) is 12.7 Å². The first-order valence-electron chi connectivity index (χ1n) is 5.72. The number of aliphatic hydroxyl groups is 1. The summed E-state index contributed by atoms with van der Waals surface area (Å²) in [4.78, 5) is 0. The Bertz CT molecular complexity index is 563. The zero-order chi connectivity index (χ0) is 14.0. The molecule has 102 valence electrons. The van der Waals surface area contributed by atoms with Crippen LogP contribution in [-0.4, -0.2) is 14.9 Å². The zero-order valence-corrected chi connectivity index (χ0v) is 10.2. The van der Waals surface area contributed by atoms with E-state index in [9.17, 15) is 18.3 Å². The molecule has 0 saturated carbocycles. The lowest BCUT2D eigenvalue weighted by atomic mass is 10.0. The molecule has 0 saturated heterocycles. The summed E-state index contributed by atoms with van der Waals surface area (Å²) in [7, 11) is 0. The minimum atomic E-state index is -4.46. The number of aryl methyl sites for hydroxylation is 1. The monoisotopic (exact) mass is 270 g/mol. The molecule has 0 aliphatic heterocycles. The summed E-state index contributed by atoms with van der Waals surface area (Å²) < 4.78 is 38.3. The van der Waals surface area contributed by atoms with Crippen molar-refractivity contribution in [1.82, 2.24) is 9.78 Å². The number of hydrogen-bond donors (Lipinski definition) is 1. The van der Waals surface area contributed by atoms with Gasteiger partial charge in [0.2, 0.25) is 0 Å². The highest BCUT2D eigenvalue weighted by Gasteiger charge is 2.33. The highest BCUT2D eigenvalue weighted by atomic mass is 19.4. The Labute approximate surface area is 108 Å². The van der Waals surface area contributed by atoms with Crippen molar-refractivity contribution in [2.75, 3.05) is 0 Å². The number of aromatic nitrogens is 2. The summed E-state index contributed by atoms with van der Waals surface area (Å²) in [6, 6.07) is 8.08. The van der Waals surface area contributed by atoms with Crippen molar-refractivity contribution >= 4 is 0 Å². The topological polar surface area (TPSA) is 38.0 Å². The maximum Gasteiger partial charge on any atom is 0.435 e. The summed E-state index contributed by atoms with van der Waals surface area (Å²) in [5.41, 5.74) is 0.620. The molecular formula is C13H13F3N2O. The van der Waals surface area contributed by atoms with Crippen LogP contribution in [0.3, 0.4) is 0 Å². The van der Waals surface area contributed by atoms with Crippen molar-refractivity contribution in [2.24, 2.45) is 0 Å². The number of nitrogens with zero attached hydrogens (tertiary/aromatic N) is 2. The third-order valence-electron chi connectivity index (χ3n) is 2.84. The Balaban J connectivity index is 2.14. The maximum absolute atomic E-state index is 12.4. The fourth-order valence-electron chi connectivity index (χ4n) is 1.85. The number of aliphatic hydroxyl groups excluding tert-OH is 1. The molecule has 1 atom stereocenters. The Morgan fingerprint density at radius 3 is 2.53 bits per heavy atom. The molecule has 0 bridgehead atoms. The normalized spacial score (nSPS) is 13.5. The van der Waals surface area contributed by atoms with Gasteiger partial charge in [-0.15, -0.1) is 0 Å². The van der Waals surface area contributed by atoms with Crippen LogP contribution in [0.5, 0.6) is 0 Å². The van der Waals surface area contributed by atoms with Gasteiger partial charge in [-0.3, -0.25) is 4.68 Å². The van der Waals surface area contributed by atoms with Crippen LogP contribution in [0.15, 0.2) is 36.5 Å². The van der Waals surface area contributed by atoms with Crippen LogP contribution >= 0.6 is 0 Å². The second kappa shape index (κ2) is 5.05. The summed E-state index contributed by atoms with van der Waals surface area (Å²) in [6.07, 6.45) is -4.13. The van der Waals surface area contributed by atoms with Crippen LogP contribution in [0, 0.1) is 6.92 Å². The Morgan fingerprint density at radius 2 is 1.95 bits per heavy atom. The predicted octanol–water partition coefficient (Wildman–Crippen LogP) is 2.94. The SMILES string of the molecule is Cc1ccccc1C(O)Cn1ccc(C(F)(F)F)n1. The molecule has 1 N–H and O–H groups in total. The van der Waals surface area contributed by atoms with E-state index < -0.39 is 18.0 Å². The van der Waals surface area contributed by atoms with E-state index in [0.717, 1.165) is 16.3 Å². The van der Waals surface area contributed by atoms with E-state index in [-0.39, 0.29) is 6.54 Å². The van der Waals surface area contributed by atoms with Gasteiger partial charge in [0.05, 0.1) is 12.6 Å². The molecule has 3 nitrogen and oxygen atoms in total. The number of benzene rings is 1. The lowest BCUT2D eigenvalue weighted by molar-refractivity contribution is -0.141. The van der Waals surface area contributed by atoms with Crippen molar-refractivity contribution in [1.29, 1.82) is 0 Å². The molecule has 6 heteroatoms. The zero-order valence-electron chi connectivity index (χ0n) is 10.2. The molecule has 0 aliphatic carbocycles. The third-order valence-corrected chi connectivity index (χ3v) is 2.84. The average molecular weight is 270 g/mol. The molecule has 2 rings (SSSR count). The summed E-state index contributed by atoms with van der Waals surface area (Å²) in [5, 5.41) is 13.4. The molecule has 1 aromatic heterocycles. The Kier molecular flexibility index (Phi) is 3.61. The molecule has 0 radical (unpaired) electrons. The first-order chi connectivity index (χ1) is 8.88. The molecule has 0 amide bonds. The largest absolute Gasteiger partial charge is 0.435 e. The standard InChI is InChI=1S/C13H13F3N2O/c1-9-4-2-3-5-10(9)11(19)8-18-7-6-12(17-18)13(14,15)16/h2-7,11,19H,8H2,1H3. The van der Waals surface area contributed by atoms with Crippen molar-refractivity contribution in [3.8, 4) is 0 Å². The highest BCUT2D eigenvalue weighted by Crippen LogP contribution is 2.27. The van der Waals surface area contributed by atoms with E-state index in [1.807, 2.05) is 19.1 Å². The minimum absolute atomic E-state index is 0.0130. The van der Waals surface area contributed by atoms with Crippen molar-refractivity contribution in [3.63, 3.8) is 0 Å². The predicted molar refractivity (Wildman–Crippen MR) is 63.4 cm³/mol. The molecule has 0 fully saturated rings. The van der Waals surface area contributed by atoms with Gasteiger partial charge in [-0.05, 0) is 24.1 Å². The van der Waals surface area contributed by atoms with Gasteiger partial charge in [-0.25, -0.2) is 0 Å². The van der Waals surface area contributed by atoms with Crippen molar-refractivity contribution in [2.45, 2.75) is 25.7 Å². The summed E-state index contributed by atoms with van der Waals surface area (Å²) in [6.45, 7) is 1.82. The van der Waals surface area contributed by atoms with Gasteiger partial charge in [0.25, 0.3) is 0 Å². The number of halogens is 3. The van der Waals surface area contributed by atoms with E-state index in [0.29, 0.717) is 5.56 Å². The van der Waals surface area contributed by atoms with Gasteiger partial charge >= 0.3 is 6.18 Å². The molecule has 1 unspecified atom stereocenters. The maximum atomic E-state index is 12.4. The Morgan fingerprint density at radius 1 is 1.26 bits per heavy atom. The number of rotatable bonds is 3. The van der Waals surface area contributed by atoms with E-state index in [4.69, 9.17) is 0 Å². The fraction of sp³-hybridized carbons (Fsp3) is 0.308. The van der Waals surface area contributed by atoms with E-state index in [1.54, 1.807) is 12.1 Å². The molecule has 1 aromatic carbocycles. The molecule has 2 aromatic rings. The van der Waals surface area contributed by atoms with Crippen LogP contribution in [0.2, 0.25) is 0 Å². The van der Waals surface area contributed by atoms with Gasteiger partial charge < -0.3 is 5.11 Å². The first kappa shape index (κ1) is 13.6. The highest BCUT2D eigenvalue weighted by molar-refractivity contribution is 5.27. The van der Waals surface area contributed by atoms with Crippen LogP contribution in [0.4, 0.5) is 13.2 Å². The summed E-state index contributed by atoms with van der Waals surface area (Å²) in [5.74, 6) is 0. The molecule has 0 spiro atoms. The average Bonchev–Trinajstić information content (AvgIpc) is 2.77. The van der Waals surface area contributed by atoms with E-state index in [1.165, 1.54) is 6.20 Å². The van der Waals surface area contributed by atoms with Crippen LogP contribution < -0.4 is 0 Å². The molecule has 1 heterocycles. The van der Waals surface area contributed by atoms with Gasteiger partial charge in [0.15, 0.2) is 5.69 Å². The van der Waals surface area contributed by atoms with Crippen LogP contribution in [0.1, 0.15) is 22.9 Å². The van der Waals surface area contributed by atoms with E-state index >= 15 is 0 Å². The quantitative estimate of drug-likeness (QED) is 0.931. The smallest absolute Gasteiger partial charge is 0.386 e. The van der Waals surface area contributed by atoms with Crippen molar-refractivity contribution < 1.29 is 18.3 Å². The van der Waals surface area contributed by atoms with Crippen LogP contribution in [0.25, 0.3) is 0 Å². The molecular weight excluding hydrogens is 257 g/mol. The summed E-state index contributed by atoms with van der Waals surface area (Å²) >= 11 is 0. The van der Waals surface area contributed by atoms with E-state index in [2.05, 4.69) is 5.10 Å². The number of hydrogen-bond acceptors (Lipinski definition) is 2. The number of alkyl halides is 3. The second-order valence-electron chi connectivity index (χ2n) is 4.29. The van der Waals surface area contributed by atoms with Gasteiger partial charge in [-0.1, -0.05) is 24.3 Å². The second-order valence-corrected chi connectivity index (χ2v) is 4.29. The molecule has 19 heavy (non-hydrogen) atoms. The minimum Gasteiger partial charge on any atom is -0.386 e. The molecule has 0 aliphatic rings. The fourth-order valence-corrected chi connectivity index (χ4v) is 1.85. The van der Waals surface area contributed by atoms with Gasteiger partial charge in [0.1, 0.15) is 0 Å². The Hall–Kier alpha value is -1.82. The first-order valence-corrected chi connectivity index (χ1v) is 5.72. The lowest BCUT2D eigenvalue weighted by Crippen LogP contribution is -2.12.